The van der Waals surface area contributed by atoms with E-state index in [-0.39, 0.29) is 0 Å². The molecule has 30 heavy (non-hydrogen) atoms. The highest BCUT2D eigenvalue weighted by Gasteiger charge is 2.21. The van der Waals surface area contributed by atoms with E-state index in [1.807, 2.05) is 36.4 Å². The highest BCUT2D eigenvalue weighted by Crippen LogP contribution is 2.38. The number of para-hydroxylation sites is 3. The molecule has 2 aromatic heterocycles. The number of hydrogen-bond donors (Lipinski definition) is 0. The summed E-state index contributed by atoms with van der Waals surface area (Å²) in [6, 6.07) is 29.1. The van der Waals surface area contributed by atoms with Crippen molar-refractivity contribution in [3.05, 3.63) is 90.8 Å². The lowest BCUT2D eigenvalue weighted by molar-refractivity contribution is 0.281. The summed E-state index contributed by atoms with van der Waals surface area (Å²) in [5.41, 5.74) is 7.22. The van der Waals surface area contributed by atoms with Gasteiger partial charge in [0, 0.05) is 10.8 Å². The fourth-order valence-electron chi connectivity index (χ4n) is 4.48. The van der Waals surface area contributed by atoms with Crippen molar-refractivity contribution in [2.24, 2.45) is 0 Å². The molecule has 0 spiro atoms. The molecule has 7 rings (SSSR count). The van der Waals surface area contributed by atoms with Gasteiger partial charge in [-0.3, -0.25) is 4.57 Å². The van der Waals surface area contributed by atoms with Gasteiger partial charge in [-0.05, 0) is 53.6 Å². The van der Waals surface area contributed by atoms with E-state index in [0.717, 1.165) is 61.4 Å². The largest absolute Gasteiger partial charge is 0.483 e. The highest BCUT2D eigenvalue weighted by atomic mass is 16.5. The quantitative estimate of drug-likeness (QED) is 0.323. The second-order valence-electron chi connectivity index (χ2n) is 7.63. The molecule has 4 nitrogen and oxygen atoms in total. The standard InChI is InChI=1S/C26H16N2O2/c1-4-8-23-18(5-1)19-13-16(9-11-24(19)30-23)17-10-12-25-22(14-17)28-21-7-3-2-6-20(21)27-26(28)15-29-25/h1-14H,15H2. The Morgan fingerprint density at radius 2 is 1.53 bits per heavy atom. The lowest BCUT2D eigenvalue weighted by atomic mass is 10.0. The maximum absolute atomic E-state index is 5.99. The summed E-state index contributed by atoms with van der Waals surface area (Å²) in [7, 11) is 0. The number of hydrogen-bond acceptors (Lipinski definition) is 3. The van der Waals surface area contributed by atoms with Crippen LogP contribution in [0.2, 0.25) is 0 Å². The number of nitrogens with zero attached hydrogens (tertiary/aromatic N) is 2. The number of benzene rings is 4. The Hall–Kier alpha value is -4.05. The van der Waals surface area contributed by atoms with Crippen LogP contribution >= 0.6 is 0 Å². The molecule has 0 fully saturated rings. The molecule has 3 heterocycles. The Morgan fingerprint density at radius 1 is 0.733 bits per heavy atom. The molecule has 0 saturated heterocycles. The third kappa shape index (κ3) is 2.13. The van der Waals surface area contributed by atoms with Crippen LogP contribution < -0.4 is 4.74 Å². The van der Waals surface area contributed by atoms with Crippen molar-refractivity contribution in [1.82, 2.24) is 9.55 Å². The third-order valence-corrected chi connectivity index (χ3v) is 5.90. The minimum Gasteiger partial charge on any atom is -0.483 e. The van der Waals surface area contributed by atoms with Crippen LogP contribution in [0.5, 0.6) is 5.75 Å². The number of rotatable bonds is 1. The van der Waals surface area contributed by atoms with Crippen LogP contribution in [0.15, 0.2) is 89.3 Å². The fourth-order valence-corrected chi connectivity index (χ4v) is 4.48. The van der Waals surface area contributed by atoms with Gasteiger partial charge in [0.05, 0.1) is 16.7 Å². The van der Waals surface area contributed by atoms with E-state index in [1.54, 1.807) is 0 Å². The van der Waals surface area contributed by atoms with Crippen LogP contribution in [-0.2, 0) is 6.61 Å². The van der Waals surface area contributed by atoms with Gasteiger partial charge in [0.15, 0.2) is 5.82 Å². The van der Waals surface area contributed by atoms with Crippen molar-refractivity contribution < 1.29 is 9.15 Å². The van der Waals surface area contributed by atoms with E-state index in [4.69, 9.17) is 14.1 Å². The van der Waals surface area contributed by atoms with Crippen molar-refractivity contribution in [1.29, 1.82) is 0 Å². The van der Waals surface area contributed by atoms with Gasteiger partial charge in [-0.2, -0.15) is 0 Å². The van der Waals surface area contributed by atoms with Crippen molar-refractivity contribution in [3.8, 4) is 22.6 Å². The summed E-state index contributed by atoms with van der Waals surface area (Å²) >= 11 is 0. The van der Waals surface area contributed by atoms with Gasteiger partial charge in [0.1, 0.15) is 23.5 Å². The molecule has 6 aromatic rings. The second-order valence-corrected chi connectivity index (χ2v) is 7.63. The molecular weight excluding hydrogens is 372 g/mol. The topological polar surface area (TPSA) is 40.2 Å². The van der Waals surface area contributed by atoms with Crippen molar-refractivity contribution in [2.75, 3.05) is 0 Å². The average molecular weight is 388 g/mol. The lowest BCUT2D eigenvalue weighted by Crippen LogP contribution is -2.13. The lowest BCUT2D eigenvalue weighted by Gasteiger charge is -2.21. The molecule has 0 saturated carbocycles. The predicted molar refractivity (Wildman–Crippen MR) is 118 cm³/mol. The summed E-state index contributed by atoms with van der Waals surface area (Å²) in [5.74, 6) is 1.81. The SMILES string of the molecule is c1ccc2c(c1)nc1n2-c2cc(-c3ccc4oc5ccccc5c4c3)ccc2OC1. The minimum absolute atomic E-state index is 0.480. The van der Waals surface area contributed by atoms with E-state index in [9.17, 15) is 0 Å². The highest BCUT2D eigenvalue weighted by molar-refractivity contribution is 6.06. The Labute approximate surface area is 171 Å². The maximum atomic E-state index is 5.99. The zero-order valence-electron chi connectivity index (χ0n) is 16.0. The van der Waals surface area contributed by atoms with Crippen molar-refractivity contribution in [3.63, 3.8) is 0 Å². The molecular formula is C26H16N2O2. The molecule has 1 aliphatic heterocycles. The first-order chi connectivity index (χ1) is 14.8. The Balaban J connectivity index is 1.45. The summed E-state index contributed by atoms with van der Waals surface area (Å²) in [6.45, 7) is 0.480. The number of aromatic nitrogens is 2. The zero-order valence-corrected chi connectivity index (χ0v) is 16.0. The summed E-state index contributed by atoms with van der Waals surface area (Å²) in [5, 5.41) is 2.27. The normalized spacial score (nSPS) is 12.8. The third-order valence-electron chi connectivity index (χ3n) is 5.90. The van der Waals surface area contributed by atoms with Crippen molar-refractivity contribution in [2.45, 2.75) is 6.61 Å². The fraction of sp³-hybridized carbons (Fsp3) is 0.0385. The minimum atomic E-state index is 0.480. The van der Waals surface area contributed by atoms with Crippen LogP contribution in [0.25, 0.3) is 49.8 Å². The number of ether oxygens (including phenoxy) is 1. The molecule has 4 aromatic carbocycles. The average Bonchev–Trinajstić information content (AvgIpc) is 3.36. The smallest absolute Gasteiger partial charge is 0.152 e. The number of fused-ring (bicyclic) bond motifs is 8. The molecule has 0 radical (unpaired) electrons. The molecule has 0 unspecified atom stereocenters. The molecule has 0 bridgehead atoms. The van der Waals surface area contributed by atoms with Gasteiger partial charge in [0.25, 0.3) is 0 Å². The van der Waals surface area contributed by atoms with E-state index >= 15 is 0 Å². The second kappa shape index (κ2) is 5.74. The van der Waals surface area contributed by atoms with Crippen LogP contribution in [0.1, 0.15) is 5.82 Å². The first-order valence-corrected chi connectivity index (χ1v) is 10.0. The van der Waals surface area contributed by atoms with E-state index in [0.29, 0.717) is 6.61 Å². The molecule has 0 amide bonds. The summed E-state index contributed by atoms with van der Waals surface area (Å²) in [4.78, 5) is 4.75. The van der Waals surface area contributed by atoms with E-state index in [2.05, 4.69) is 53.1 Å². The molecule has 0 aliphatic carbocycles. The molecule has 0 atom stereocenters. The summed E-state index contributed by atoms with van der Waals surface area (Å²) < 4.78 is 14.2. The first kappa shape index (κ1) is 15.8. The van der Waals surface area contributed by atoms with Crippen LogP contribution in [0, 0.1) is 0 Å². The van der Waals surface area contributed by atoms with Gasteiger partial charge >= 0.3 is 0 Å². The van der Waals surface area contributed by atoms with E-state index in [1.165, 1.54) is 0 Å². The molecule has 0 N–H and O–H groups in total. The maximum Gasteiger partial charge on any atom is 0.152 e. The summed E-state index contributed by atoms with van der Waals surface area (Å²) in [6.07, 6.45) is 0. The van der Waals surface area contributed by atoms with Gasteiger partial charge < -0.3 is 9.15 Å². The number of furan rings is 1. The Bertz CT molecular complexity index is 1610. The van der Waals surface area contributed by atoms with Gasteiger partial charge in [-0.25, -0.2) is 4.98 Å². The monoisotopic (exact) mass is 388 g/mol. The molecule has 1 aliphatic rings. The predicted octanol–water partition coefficient (Wildman–Crippen LogP) is 6.48. The van der Waals surface area contributed by atoms with Crippen LogP contribution in [0.4, 0.5) is 0 Å². The number of imidazole rings is 1. The molecule has 142 valence electrons. The Kier molecular flexibility index (Phi) is 3.03. The van der Waals surface area contributed by atoms with Crippen LogP contribution in [0.3, 0.4) is 0 Å². The Morgan fingerprint density at radius 3 is 2.53 bits per heavy atom. The zero-order chi connectivity index (χ0) is 19.7. The van der Waals surface area contributed by atoms with Gasteiger partial charge in [-0.1, -0.05) is 42.5 Å². The van der Waals surface area contributed by atoms with Gasteiger partial charge in [0.2, 0.25) is 0 Å². The molecule has 4 heteroatoms. The van der Waals surface area contributed by atoms with Crippen molar-refractivity contribution >= 4 is 33.0 Å². The van der Waals surface area contributed by atoms with Crippen LogP contribution in [-0.4, -0.2) is 9.55 Å². The first-order valence-electron chi connectivity index (χ1n) is 10.0. The van der Waals surface area contributed by atoms with Gasteiger partial charge in [-0.15, -0.1) is 0 Å². The van der Waals surface area contributed by atoms with E-state index < -0.39 is 0 Å².